The molecule has 92 valence electrons. The summed E-state index contributed by atoms with van der Waals surface area (Å²) in [7, 11) is -1.02. The van der Waals surface area contributed by atoms with E-state index in [1.54, 1.807) is 5.57 Å². The van der Waals surface area contributed by atoms with Crippen molar-refractivity contribution in [1.82, 2.24) is 0 Å². The zero-order valence-corrected chi connectivity index (χ0v) is 15.9. The van der Waals surface area contributed by atoms with E-state index >= 15 is 0 Å². The Labute approximate surface area is 133 Å². The Bertz CT molecular complexity index is 260. The predicted molar refractivity (Wildman–Crippen MR) is 63.8 cm³/mol. The van der Waals surface area contributed by atoms with Crippen LogP contribution in [-0.4, -0.2) is 8.07 Å². The minimum atomic E-state index is -1.02. The Hall–Kier alpha value is 1.16. The van der Waals surface area contributed by atoms with Crippen molar-refractivity contribution in [2.75, 3.05) is 0 Å². The molecule has 1 unspecified atom stereocenters. The van der Waals surface area contributed by atoms with Crippen molar-refractivity contribution in [3.63, 3.8) is 0 Å². The van der Waals surface area contributed by atoms with E-state index in [0.717, 1.165) is 5.54 Å². The van der Waals surface area contributed by atoms with Crippen LogP contribution in [0.2, 0.25) is 24.7 Å². The maximum atomic E-state index is 2.52. The summed E-state index contributed by atoms with van der Waals surface area (Å²) in [4.78, 5) is 0. The van der Waals surface area contributed by atoms with Crippen LogP contribution in [-0.2, 0) is 26.2 Å². The average molecular weight is 357 g/mol. The summed E-state index contributed by atoms with van der Waals surface area (Å²) in [6, 6.07) is 1.45. The Morgan fingerprint density at radius 1 is 1.19 bits per heavy atom. The molecule has 0 heterocycles. The fourth-order valence-electron chi connectivity index (χ4n) is 2.41. The van der Waals surface area contributed by atoms with E-state index in [1.807, 2.05) is 0 Å². The first-order valence-electron chi connectivity index (χ1n) is 5.34. The summed E-state index contributed by atoms with van der Waals surface area (Å²) in [5, 5.41) is 0. The molecule has 0 aromatic rings. The fraction of sp³-hybridized carbons (Fsp3) is 0.667. The summed E-state index contributed by atoms with van der Waals surface area (Å²) in [6.07, 6.45) is 6.09. The van der Waals surface area contributed by atoms with Gasteiger partial charge in [0.05, 0.1) is 8.07 Å². The van der Waals surface area contributed by atoms with Crippen LogP contribution in [0.3, 0.4) is 0 Å². The third-order valence-electron chi connectivity index (χ3n) is 3.36. The molecule has 0 saturated heterocycles. The molecule has 0 nitrogen and oxygen atoms in total. The van der Waals surface area contributed by atoms with Crippen LogP contribution in [0.4, 0.5) is 0 Å². The van der Waals surface area contributed by atoms with Crippen LogP contribution < -0.4 is 24.8 Å². The summed E-state index contributed by atoms with van der Waals surface area (Å²) in [6.45, 7) is 11.9. The van der Waals surface area contributed by atoms with Crippen LogP contribution >= 0.6 is 0 Å². The molecule has 0 N–H and O–H groups in total. The van der Waals surface area contributed by atoms with Gasteiger partial charge in [0.1, 0.15) is 0 Å². The van der Waals surface area contributed by atoms with Crippen LogP contribution in [0.25, 0.3) is 0 Å². The Balaban J connectivity index is -0.000000563. The molecule has 0 aromatic carbocycles. The van der Waals surface area contributed by atoms with Crippen molar-refractivity contribution >= 4 is 8.07 Å². The van der Waals surface area contributed by atoms with E-state index < -0.39 is 8.07 Å². The zero-order valence-electron chi connectivity index (χ0n) is 10.9. The van der Waals surface area contributed by atoms with Crippen molar-refractivity contribution in [3.8, 4) is 0 Å². The molecule has 0 radical (unpaired) electrons. The van der Waals surface area contributed by atoms with E-state index in [4.69, 9.17) is 0 Å². The summed E-state index contributed by atoms with van der Waals surface area (Å²) >= 11 is 0. The molecule has 0 bridgehead atoms. The zero-order chi connectivity index (χ0) is 10.1. The first kappa shape index (κ1) is 22.3. The number of hydrogen-bond acceptors (Lipinski definition) is 0. The van der Waals surface area contributed by atoms with Crippen molar-refractivity contribution in [1.29, 1.82) is 0 Å². The van der Waals surface area contributed by atoms with Gasteiger partial charge >= 0.3 is 26.2 Å². The van der Waals surface area contributed by atoms with E-state index in [0.29, 0.717) is 0 Å². The van der Waals surface area contributed by atoms with Gasteiger partial charge in [-0.05, 0) is 19.4 Å². The van der Waals surface area contributed by atoms with Crippen LogP contribution in [0.15, 0.2) is 23.3 Å². The Morgan fingerprint density at radius 2 is 1.69 bits per heavy atom. The number of halogens is 2. The first-order valence-corrected chi connectivity index (χ1v) is 8.63. The molecule has 0 amide bonds. The van der Waals surface area contributed by atoms with Gasteiger partial charge in [-0.25, -0.2) is 0 Å². The molecule has 4 heteroatoms. The molecule has 0 aliphatic heterocycles. The first-order chi connectivity index (χ1) is 5.99. The van der Waals surface area contributed by atoms with Gasteiger partial charge in [0.2, 0.25) is 0 Å². The normalized spacial score (nSPS) is 18.7. The molecular formula is C12H22Cl2SiZr. The van der Waals surface area contributed by atoms with Crippen molar-refractivity contribution in [2.24, 2.45) is 0 Å². The quantitative estimate of drug-likeness (QED) is 0.534. The molecule has 1 aliphatic rings. The fourth-order valence-corrected chi connectivity index (χ4v) is 6.02. The van der Waals surface area contributed by atoms with E-state index in [-0.39, 0.29) is 51.0 Å². The summed E-state index contributed by atoms with van der Waals surface area (Å²) in [5.74, 6) is 0. The largest absolute Gasteiger partial charge is 2.00 e. The van der Waals surface area contributed by atoms with Gasteiger partial charge in [-0.15, -0.1) is 0 Å². The van der Waals surface area contributed by atoms with Crippen LogP contribution in [0, 0.1) is 0 Å². The van der Waals surface area contributed by atoms with Crippen molar-refractivity contribution < 1.29 is 51.0 Å². The third-order valence-corrected chi connectivity index (χ3v) is 7.46. The molecule has 16 heavy (non-hydrogen) atoms. The van der Waals surface area contributed by atoms with Gasteiger partial charge in [0, 0.05) is 0 Å². The molecule has 1 atom stereocenters. The maximum absolute atomic E-state index is 2.52. The SMILES string of the molecule is CCC[Si](C)(C)C1C=CC(C)=C1C.[Cl-].[Cl-].[Zr+2]. The smallest absolute Gasteiger partial charge is 1.00 e. The molecule has 1 aliphatic carbocycles. The number of allylic oxidation sites excluding steroid dienone is 4. The third kappa shape index (κ3) is 5.21. The van der Waals surface area contributed by atoms with Crippen molar-refractivity contribution in [2.45, 2.75) is 51.9 Å². The van der Waals surface area contributed by atoms with Crippen LogP contribution in [0.5, 0.6) is 0 Å². The minimum absolute atomic E-state index is 0. The van der Waals surface area contributed by atoms with E-state index in [1.165, 1.54) is 18.0 Å². The molecule has 0 fully saturated rings. The monoisotopic (exact) mass is 354 g/mol. The van der Waals surface area contributed by atoms with Gasteiger partial charge in [-0.3, -0.25) is 0 Å². The molecular weight excluding hydrogens is 334 g/mol. The van der Waals surface area contributed by atoms with Gasteiger partial charge in [0.25, 0.3) is 0 Å². The average Bonchev–Trinajstić information content (AvgIpc) is 2.33. The second-order valence-electron chi connectivity index (χ2n) is 4.94. The van der Waals surface area contributed by atoms with Crippen molar-refractivity contribution in [3.05, 3.63) is 23.3 Å². The van der Waals surface area contributed by atoms with Gasteiger partial charge in [-0.1, -0.05) is 55.8 Å². The molecule has 0 aromatic heterocycles. The number of hydrogen-bond donors (Lipinski definition) is 0. The summed E-state index contributed by atoms with van der Waals surface area (Å²) < 4.78 is 0. The second-order valence-corrected chi connectivity index (χ2v) is 10.0. The molecule has 0 spiro atoms. The van der Waals surface area contributed by atoms with E-state index in [9.17, 15) is 0 Å². The predicted octanol–water partition coefficient (Wildman–Crippen LogP) is -1.61. The number of rotatable bonds is 3. The van der Waals surface area contributed by atoms with Crippen LogP contribution in [0.1, 0.15) is 27.2 Å². The van der Waals surface area contributed by atoms with Gasteiger partial charge in [-0.2, -0.15) is 0 Å². The Kier molecular flexibility index (Phi) is 12.8. The van der Waals surface area contributed by atoms with Gasteiger partial charge < -0.3 is 24.8 Å². The summed E-state index contributed by atoms with van der Waals surface area (Å²) in [5.41, 5.74) is 3.94. The maximum Gasteiger partial charge on any atom is 2.00 e. The second kappa shape index (κ2) is 9.14. The van der Waals surface area contributed by atoms with Gasteiger partial charge in [0.15, 0.2) is 0 Å². The standard InChI is InChI=1S/C12H22Si.2ClH.Zr/c1-6-9-13(4,5)12-8-7-10(2)11(12)3;;;/h7-8,12H,6,9H2,1-5H3;2*1H;/q;;;+2/p-2. The molecule has 1 rings (SSSR count). The Morgan fingerprint density at radius 3 is 2.00 bits per heavy atom. The topological polar surface area (TPSA) is 0 Å². The molecule has 0 saturated carbocycles. The minimum Gasteiger partial charge on any atom is -1.00 e. The van der Waals surface area contributed by atoms with E-state index in [2.05, 4.69) is 46.0 Å².